The third-order valence-electron chi connectivity index (χ3n) is 4.37. The summed E-state index contributed by atoms with van der Waals surface area (Å²) in [5.41, 5.74) is 0.971. The minimum absolute atomic E-state index is 0.111. The molecular weight excluding hydrogens is 363 g/mol. The molecular formula is C18H22Cl2N2OS. The molecule has 1 saturated carbocycles. The Morgan fingerprint density at radius 1 is 1.25 bits per heavy atom. The molecule has 3 nitrogen and oxygen atoms in total. The number of hydrogen-bond acceptors (Lipinski definition) is 3. The van der Waals surface area contributed by atoms with Crippen LogP contribution >= 0.6 is 35.0 Å². The Morgan fingerprint density at radius 3 is 2.79 bits per heavy atom. The lowest BCUT2D eigenvalue weighted by Gasteiger charge is -2.24. The van der Waals surface area contributed by atoms with Crippen molar-refractivity contribution in [3.8, 4) is 0 Å². The van der Waals surface area contributed by atoms with Crippen LogP contribution in [0.5, 0.6) is 0 Å². The standard InChI is InChI=1S/C18H22Cl2N2OS/c19-14-6-7-16(17(20)10-14)18(11-22-9-8-21-12-22)23-13-24-15-4-2-1-3-5-15/h6-10,12,15,18H,1-5,11,13H2. The van der Waals surface area contributed by atoms with Gasteiger partial charge in [0.15, 0.2) is 0 Å². The number of imidazole rings is 1. The van der Waals surface area contributed by atoms with Crippen molar-refractivity contribution in [3.05, 3.63) is 52.5 Å². The van der Waals surface area contributed by atoms with E-state index < -0.39 is 0 Å². The van der Waals surface area contributed by atoms with Gasteiger partial charge < -0.3 is 9.30 Å². The zero-order valence-corrected chi connectivity index (χ0v) is 15.9. The van der Waals surface area contributed by atoms with Gasteiger partial charge in [-0.1, -0.05) is 48.5 Å². The van der Waals surface area contributed by atoms with Crippen LogP contribution < -0.4 is 0 Å². The van der Waals surface area contributed by atoms with Crippen LogP contribution in [-0.4, -0.2) is 20.7 Å². The second kappa shape index (κ2) is 9.14. The van der Waals surface area contributed by atoms with Crippen LogP contribution in [0, 0.1) is 0 Å². The smallest absolute Gasteiger partial charge is 0.103 e. The second-order valence-corrected chi connectivity index (χ2v) is 8.20. The van der Waals surface area contributed by atoms with E-state index in [2.05, 4.69) is 4.98 Å². The molecule has 6 heteroatoms. The van der Waals surface area contributed by atoms with Crippen molar-refractivity contribution < 1.29 is 4.74 Å². The summed E-state index contributed by atoms with van der Waals surface area (Å²) in [5.74, 6) is 0.684. The van der Waals surface area contributed by atoms with E-state index in [0.29, 0.717) is 22.5 Å². The third kappa shape index (κ3) is 5.16. The molecule has 24 heavy (non-hydrogen) atoms. The molecule has 0 bridgehead atoms. The normalized spacial score (nSPS) is 17.1. The van der Waals surface area contributed by atoms with Crippen molar-refractivity contribution >= 4 is 35.0 Å². The molecule has 1 unspecified atom stereocenters. The molecule has 130 valence electrons. The summed E-state index contributed by atoms with van der Waals surface area (Å²) in [6.07, 6.45) is 12.1. The average Bonchev–Trinajstić information content (AvgIpc) is 3.08. The molecule has 1 aliphatic carbocycles. The number of thioether (sulfide) groups is 1. The molecule has 1 fully saturated rings. The second-order valence-electron chi connectivity index (χ2n) is 6.13. The van der Waals surface area contributed by atoms with Crippen molar-refractivity contribution in [2.45, 2.75) is 50.0 Å². The lowest BCUT2D eigenvalue weighted by molar-refractivity contribution is 0.0756. The van der Waals surface area contributed by atoms with Gasteiger partial charge in [0.1, 0.15) is 6.10 Å². The first-order valence-electron chi connectivity index (χ1n) is 8.36. The topological polar surface area (TPSA) is 27.1 Å². The third-order valence-corrected chi connectivity index (χ3v) is 6.15. The van der Waals surface area contributed by atoms with E-state index in [1.54, 1.807) is 18.6 Å². The van der Waals surface area contributed by atoms with Gasteiger partial charge in [0.25, 0.3) is 0 Å². The van der Waals surface area contributed by atoms with Crippen LogP contribution in [-0.2, 0) is 11.3 Å². The quantitative estimate of drug-likeness (QED) is 0.550. The molecule has 0 amide bonds. The molecule has 1 aliphatic rings. The number of aromatic nitrogens is 2. The molecule has 0 saturated heterocycles. The van der Waals surface area contributed by atoms with Gasteiger partial charge in [-0.05, 0) is 25.0 Å². The van der Waals surface area contributed by atoms with Crippen molar-refractivity contribution in [2.75, 3.05) is 5.94 Å². The fourth-order valence-electron chi connectivity index (χ4n) is 3.04. The Morgan fingerprint density at radius 2 is 2.08 bits per heavy atom. The van der Waals surface area contributed by atoms with Crippen molar-refractivity contribution in [1.82, 2.24) is 9.55 Å². The highest BCUT2D eigenvalue weighted by molar-refractivity contribution is 7.99. The minimum atomic E-state index is -0.111. The van der Waals surface area contributed by atoms with Gasteiger partial charge in [-0.2, -0.15) is 0 Å². The number of halogens is 2. The molecule has 0 aliphatic heterocycles. The molecule has 2 aromatic rings. The minimum Gasteiger partial charge on any atom is -0.361 e. The maximum absolute atomic E-state index is 6.40. The Bertz CT molecular complexity index is 630. The van der Waals surface area contributed by atoms with Crippen LogP contribution in [0.15, 0.2) is 36.9 Å². The summed E-state index contributed by atoms with van der Waals surface area (Å²) < 4.78 is 8.23. The van der Waals surface area contributed by atoms with E-state index in [1.807, 2.05) is 34.7 Å². The monoisotopic (exact) mass is 384 g/mol. The first kappa shape index (κ1) is 18.1. The van der Waals surface area contributed by atoms with Gasteiger partial charge in [-0.15, -0.1) is 11.8 Å². The fourth-order valence-corrected chi connectivity index (χ4v) is 4.67. The molecule has 1 atom stereocenters. The first-order valence-corrected chi connectivity index (χ1v) is 10.2. The van der Waals surface area contributed by atoms with Crippen LogP contribution in [0.3, 0.4) is 0 Å². The van der Waals surface area contributed by atoms with Gasteiger partial charge in [0.05, 0.1) is 18.8 Å². The van der Waals surface area contributed by atoms with E-state index in [4.69, 9.17) is 27.9 Å². The summed E-state index contributed by atoms with van der Waals surface area (Å²) in [7, 11) is 0. The van der Waals surface area contributed by atoms with E-state index in [0.717, 1.165) is 10.8 Å². The van der Waals surface area contributed by atoms with Crippen LogP contribution in [0.25, 0.3) is 0 Å². The zero-order chi connectivity index (χ0) is 16.8. The fraction of sp³-hybridized carbons (Fsp3) is 0.500. The number of benzene rings is 1. The maximum atomic E-state index is 6.40. The lowest BCUT2D eigenvalue weighted by atomic mass is 10.0. The average molecular weight is 385 g/mol. The van der Waals surface area contributed by atoms with Crippen molar-refractivity contribution in [2.24, 2.45) is 0 Å². The van der Waals surface area contributed by atoms with Crippen molar-refractivity contribution in [3.63, 3.8) is 0 Å². The van der Waals surface area contributed by atoms with Gasteiger partial charge in [0.2, 0.25) is 0 Å². The molecule has 0 radical (unpaired) electrons. The lowest BCUT2D eigenvalue weighted by Crippen LogP contribution is -2.15. The number of hydrogen-bond donors (Lipinski definition) is 0. The van der Waals surface area contributed by atoms with Crippen molar-refractivity contribution in [1.29, 1.82) is 0 Å². The Kier molecular flexibility index (Phi) is 6.90. The Hall–Kier alpha value is -0.680. The highest BCUT2D eigenvalue weighted by atomic mass is 35.5. The van der Waals surface area contributed by atoms with E-state index in [-0.39, 0.29) is 6.10 Å². The summed E-state index contributed by atoms with van der Waals surface area (Å²) in [6.45, 7) is 0.687. The molecule has 3 rings (SSSR count). The summed E-state index contributed by atoms with van der Waals surface area (Å²) in [5, 5.41) is 2.02. The number of ether oxygens (including phenoxy) is 1. The highest BCUT2D eigenvalue weighted by Crippen LogP contribution is 2.33. The molecule has 1 heterocycles. The predicted octanol–water partition coefficient (Wildman–Crippen LogP) is 5.97. The van der Waals surface area contributed by atoms with E-state index in [9.17, 15) is 0 Å². The van der Waals surface area contributed by atoms with Gasteiger partial charge in [-0.3, -0.25) is 0 Å². The summed E-state index contributed by atoms with van der Waals surface area (Å²) in [6, 6.07) is 5.59. The number of rotatable bonds is 7. The Labute approximate surface area is 157 Å². The van der Waals surface area contributed by atoms with Crippen LogP contribution in [0.4, 0.5) is 0 Å². The highest BCUT2D eigenvalue weighted by Gasteiger charge is 2.19. The molecule has 0 N–H and O–H groups in total. The van der Waals surface area contributed by atoms with Gasteiger partial charge >= 0.3 is 0 Å². The first-order chi connectivity index (χ1) is 11.7. The predicted molar refractivity (Wildman–Crippen MR) is 102 cm³/mol. The van der Waals surface area contributed by atoms with Crippen LogP contribution in [0.2, 0.25) is 10.0 Å². The molecule has 1 aromatic carbocycles. The van der Waals surface area contributed by atoms with Gasteiger partial charge in [0, 0.05) is 33.3 Å². The van der Waals surface area contributed by atoms with Gasteiger partial charge in [-0.25, -0.2) is 4.98 Å². The maximum Gasteiger partial charge on any atom is 0.103 e. The SMILES string of the molecule is Clc1ccc(C(Cn2ccnc2)OCSC2CCCCC2)c(Cl)c1. The van der Waals surface area contributed by atoms with E-state index in [1.165, 1.54) is 32.1 Å². The largest absolute Gasteiger partial charge is 0.361 e. The Balaban J connectivity index is 1.64. The summed E-state index contributed by atoms with van der Waals surface area (Å²) >= 11 is 14.3. The van der Waals surface area contributed by atoms with E-state index >= 15 is 0 Å². The molecule has 0 spiro atoms. The van der Waals surface area contributed by atoms with Crippen LogP contribution in [0.1, 0.15) is 43.8 Å². The zero-order valence-electron chi connectivity index (χ0n) is 13.5. The number of nitrogens with zero attached hydrogens (tertiary/aromatic N) is 2. The molecule has 1 aromatic heterocycles. The summed E-state index contributed by atoms with van der Waals surface area (Å²) in [4.78, 5) is 4.11.